The summed E-state index contributed by atoms with van der Waals surface area (Å²) in [4.78, 5) is 24.8. The van der Waals surface area contributed by atoms with Crippen LogP contribution < -0.4 is 0 Å². The highest BCUT2D eigenvalue weighted by molar-refractivity contribution is 5.93. The third kappa shape index (κ3) is 3.24. The molecule has 0 saturated carbocycles. The second-order valence-electron chi connectivity index (χ2n) is 4.69. The van der Waals surface area contributed by atoms with Gasteiger partial charge in [0.25, 0.3) is 0 Å². The van der Waals surface area contributed by atoms with E-state index in [1.165, 1.54) is 6.08 Å². The number of hydrogen-bond donors (Lipinski definition) is 1. The molecule has 5 nitrogen and oxygen atoms in total. The predicted octanol–water partition coefficient (Wildman–Crippen LogP) is 1.51. The van der Waals surface area contributed by atoms with Crippen LogP contribution in [0.3, 0.4) is 0 Å². The fourth-order valence-corrected chi connectivity index (χ4v) is 2.16. The number of ether oxygens (including phenoxy) is 1. The maximum Gasteiger partial charge on any atom is 0.416 e. The Bertz CT molecular complexity index is 500. The van der Waals surface area contributed by atoms with Gasteiger partial charge in [-0.3, -0.25) is 4.79 Å². The maximum atomic E-state index is 12.0. The minimum atomic E-state index is -0.951. The van der Waals surface area contributed by atoms with Gasteiger partial charge in [-0.25, -0.2) is 9.69 Å². The number of carbonyl (C=O) groups is 2. The van der Waals surface area contributed by atoms with E-state index in [4.69, 9.17) is 4.74 Å². The summed E-state index contributed by atoms with van der Waals surface area (Å²) < 4.78 is 4.95. The molecule has 1 aromatic carbocycles. The SMILES string of the molecule is C=CC(O)CC(=O)N1C(=O)OC[C@@H]1Cc1ccccc1. The molecule has 1 aromatic rings. The van der Waals surface area contributed by atoms with Crippen molar-refractivity contribution in [1.82, 2.24) is 4.90 Å². The number of aliphatic hydroxyl groups excluding tert-OH is 1. The summed E-state index contributed by atoms with van der Waals surface area (Å²) in [5, 5.41) is 9.43. The summed E-state index contributed by atoms with van der Waals surface area (Å²) in [7, 11) is 0. The van der Waals surface area contributed by atoms with E-state index >= 15 is 0 Å². The van der Waals surface area contributed by atoms with E-state index in [0.717, 1.165) is 10.5 Å². The molecule has 106 valence electrons. The van der Waals surface area contributed by atoms with Crippen LogP contribution in [0.1, 0.15) is 12.0 Å². The number of cyclic esters (lactones) is 1. The van der Waals surface area contributed by atoms with E-state index in [1.54, 1.807) is 0 Å². The Morgan fingerprint density at radius 3 is 2.85 bits per heavy atom. The van der Waals surface area contributed by atoms with Gasteiger partial charge in [-0.15, -0.1) is 6.58 Å². The normalized spacial score (nSPS) is 19.6. The summed E-state index contributed by atoms with van der Waals surface area (Å²) in [6, 6.07) is 9.26. The molecular weight excluding hydrogens is 258 g/mol. The lowest BCUT2D eigenvalue weighted by Gasteiger charge is -2.20. The number of amides is 2. The van der Waals surface area contributed by atoms with Gasteiger partial charge in [0.1, 0.15) is 6.61 Å². The van der Waals surface area contributed by atoms with E-state index in [2.05, 4.69) is 6.58 Å². The summed E-state index contributed by atoms with van der Waals surface area (Å²) >= 11 is 0. The molecule has 1 aliphatic rings. The van der Waals surface area contributed by atoms with Crippen LogP contribution in [-0.2, 0) is 16.0 Å². The summed E-state index contributed by atoms with van der Waals surface area (Å²) in [6.07, 6.45) is 0.0539. The molecule has 0 radical (unpaired) electrons. The number of rotatable bonds is 5. The second-order valence-corrected chi connectivity index (χ2v) is 4.69. The topological polar surface area (TPSA) is 66.8 Å². The number of nitrogens with zero attached hydrogens (tertiary/aromatic N) is 1. The molecule has 0 spiro atoms. The molecule has 1 saturated heterocycles. The molecule has 2 amide bonds. The van der Waals surface area contributed by atoms with Crippen molar-refractivity contribution in [3.63, 3.8) is 0 Å². The molecule has 20 heavy (non-hydrogen) atoms. The fourth-order valence-electron chi connectivity index (χ4n) is 2.16. The molecule has 1 fully saturated rings. The van der Waals surface area contributed by atoms with E-state index in [1.807, 2.05) is 30.3 Å². The summed E-state index contributed by atoms with van der Waals surface area (Å²) in [6.45, 7) is 3.59. The Morgan fingerprint density at radius 2 is 2.20 bits per heavy atom. The van der Waals surface area contributed by atoms with Gasteiger partial charge in [0.15, 0.2) is 0 Å². The van der Waals surface area contributed by atoms with Crippen LogP contribution in [0, 0.1) is 0 Å². The van der Waals surface area contributed by atoms with Crippen LogP contribution in [0.2, 0.25) is 0 Å². The average molecular weight is 275 g/mol. The van der Waals surface area contributed by atoms with Gasteiger partial charge in [-0.2, -0.15) is 0 Å². The van der Waals surface area contributed by atoms with Crippen molar-refractivity contribution < 1.29 is 19.4 Å². The number of imide groups is 1. The Labute approximate surface area is 117 Å². The molecule has 5 heteroatoms. The van der Waals surface area contributed by atoms with Crippen molar-refractivity contribution >= 4 is 12.0 Å². The van der Waals surface area contributed by atoms with Crippen molar-refractivity contribution in [2.24, 2.45) is 0 Å². The lowest BCUT2D eigenvalue weighted by Crippen LogP contribution is -2.41. The summed E-state index contributed by atoms with van der Waals surface area (Å²) in [5.74, 6) is -0.444. The Morgan fingerprint density at radius 1 is 1.50 bits per heavy atom. The van der Waals surface area contributed by atoms with Gasteiger partial charge in [0.2, 0.25) is 5.91 Å². The van der Waals surface area contributed by atoms with E-state index in [-0.39, 0.29) is 19.1 Å². The highest BCUT2D eigenvalue weighted by Crippen LogP contribution is 2.19. The summed E-state index contributed by atoms with van der Waals surface area (Å²) in [5.41, 5.74) is 1.03. The van der Waals surface area contributed by atoms with Crippen molar-refractivity contribution in [2.75, 3.05) is 6.61 Å². The molecule has 2 atom stereocenters. The third-order valence-electron chi connectivity index (χ3n) is 3.20. The molecule has 1 heterocycles. The number of hydrogen-bond acceptors (Lipinski definition) is 4. The fraction of sp³-hybridized carbons (Fsp3) is 0.333. The molecule has 2 rings (SSSR count). The molecular formula is C15H17NO4. The van der Waals surface area contributed by atoms with Gasteiger partial charge in [0, 0.05) is 0 Å². The van der Waals surface area contributed by atoms with Crippen molar-refractivity contribution in [3.05, 3.63) is 48.6 Å². The highest BCUT2D eigenvalue weighted by Gasteiger charge is 2.37. The first-order valence-corrected chi connectivity index (χ1v) is 6.45. The van der Waals surface area contributed by atoms with E-state index < -0.39 is 18.1 Å². The Kier molecular flexibility index (Phi) is 4.53. The Balaban J connectivity index is 2.06. The monoisotopic (exact) mass is 275 g/mol. The van der Waals surface area contributed by atoms with Crippen molar-refractivity contribution in [1.29, 1.82) is 0 Å². The zero-order valence-corrected chi connectivity index (χ0v) is 11.1. The quantitative estimate of drug-likeness (QED) is 0.827. The van der Waals surface area contributed by atoms with Crippen LogP contribution in [0.25, 0.3) is 0 Å². The van der Waals surface area contributed by atoms with E-state index in [9.17, 15) is 14.7 Å². The molecule has 1 unspecified atom stereocenters. The second kappa shape index (κ2) is 6.34. The smallest absolute Gasteiger partial charge is 0.416 e. The zero-order chi connectivity index (χ0) is 14.5. The first-order valence-electron chi connectivity index (χ1n) is 6.45. The lowest BCUT2D eigenvalue weighted by molar-refractivity contribution is -0.130. The Hall–Kier alpha value is -2.14. The van der Waals surface area contributed by atoms with Crippen LogP contribution in [-0.4, -0.2) is 40.8 Å². The van der Waals surface area contributed by atoms with Gasteiger partial charge in [-0.05, 0) is 12.0 Å². The molecule has 1 N–H and O–H groups in total. The molecule has 1 aliphatic heterocycles. The van der Waals surface area contributed by atoms with Gasteiger partial charge >= 0.3 is 6.09 Å². The van der Waals surface area contributed by atoms with Gasteiger partial charge in [-0.1, -0.05) is 36.4 Å². The van der Waals surface area contributed by atoms with Crippen LogP contribution >= 0.6 is 0 Å². The third-order valence-corrected chi connectivity index (χ3v) is 3.20. The minimum Gasteiger partial charge on any atom is -0.447 e. The zero-order valence-electron chi connectivity index (χ0n) is 11.1. The lowest BCUT2D eigenvalue weighted by atomic mass is 10.1. The minimum absolute atomic E-state index is 0.163. The van der Waals surface area contributed by atoms with Crippen molar-refractivity contribution in [2.45, 2.75) is 25.0 Å². The number of benzene rings is 1. The van der Waals surface area contributed by atoms with E-state index in [0.29, 0.717) is 6.42 Å². The standard InChI is InChI=1S/C15H17NO4/c1-2-13(17)9-14(18)16-12(10-20-15(16)19)8-11-6-4-3-5-7-11/h2-7,12-13,17H,1,8-10H2/t12-,13?/m0/s1. The first kappa shape index (κ1) is 14.3. The maximum absolute atomic E-state index is 12.0. The van der Waals surface area contributed by atoms with Crippen LogP contribution in [0.5, 0.6) is 0 Å². The molecule has 0 aromatic heterocycles. The van der Waals surface area contributed by atoms with Crippen LogP contribution in [0.4, 0.5) is 4.79 Å². The molecule has 0 aliphatic carbocycles. The van der Waals surface area contributed by atoms with Gasteiger partial charge in [0.05, 0.1) is 18.6 Å². The number of aliphatic hydroxyl groups is 1. The first-order chi connectivity index (χ1) is 9.61. The molecule has 0 bridgehead atoms. The van der Waals surface area contributed by atoms with Crippen molar-refractivity contribution in [3.8, 4) is 0 Å². The van der Waals surface area contributed by atoms with Crippen LogP contribution in [0.15, 0.2) is 43.0 Å². The average Bonchev–Trinajstić information content (AvgIpc) is 2.80. The highest BCUT2D eigenvalue weighted by atomic mass is 16.6. The largest absolute Gasteiger partial charge is 0.447 e. The van der Waals surface area contributed by atoms with Gasteiger partial charge < -0.3 is 9.84 Å². The number of carbonyl (C=O) groups excluding carboxylic acids is 2. The predicted molar refractivity (Wildman–Crippen MR) is 72.9 cm³/mol.